The van der Waals surface area contributed by atoms with Gasteiger partial charge in [-0.2, -0.15) is 0 Å². The minimum absolute atomic E-state index is 0.00928. The highest BCUT2D eigenvalue weighted by atomic mass is 16.6. The first-order chi connectivity index (χ1) is 17.3. The molecule has 0 aliphatic rings. The summed E-state index contributed by atoms with van der Waals surface area (Å²) in [5.41, 5.74) is 0.986. The number of hydrogen-bond donors (Lipinski definition) is 3. The van der Waals surface area contributed by atoms with Gasteiger partial charge in [0.25, 0.3) is 0 Å². The fourth-order valence-electron chi connectivity index (χ4n) is 3.28. The first-order valence-electron chi connectivity index (χ1n) is 12.5. The summed E-state index contributed by atoms with van der Waals surface area (Å²) in [7, 11) is 1.65. The standard InChI is InChI=1S/C15H23NO3.C14H21NO3/c1-15(2,3)19-14(17)16-13(10-11-18-4)12-8-6-5-7-9-12;1-14(2,3)18-13(17)15-12(9-10-16)11-7-5-4-6-8-11/h5-9,13H,10-11H2,1-4H3,(H,16,17);4-8,12,16H,9-10H2,1-3H3,(H,15,17)/t13-;12-/m11/s1. The van der Waals surface area contributed by atoms with Crippen molar-refractivity contribution in [3.05, 3.63) is 71.8 Å². The van der Waals surface area contributed by atoms with Gasteiger partial charge in [0.15, 0.2) is 0 Å². The molecule has 3 N–H and O–H groups in total. The lowest BCUT2D eigenvalue weighted by atomic mass is 10.0. The number of methoxy groups -OCH3 is 1. The average molecular weight is 517 g/mol. The highest BCUT2D eigenvalue weighted by molar-refractivity contribution is 5.68. The summed E-state index contributed by atoms with van der Waals surface area (Å²) in [6, 6.07) is 19.0. The van der Waals surface area contributed by atoms with Crippen molar-refractivity contribution in [1.29, 1.82) is 0 Å². The van der Waals surface area contributed by atoms with Crippen LogP contribution in [0.5, 0.6) is 0 Å². The monoisotopic (exact) mass is 516 g/mol. The molecule has 0 heterocycles. The summed E-state index contributed by atoms with van der Waals surface area (Å²) in [5, 5.41) is 14.7. The lowest BCUT2D eigenvalue weighted by Gasteiger charge is -2.23. The largest absolute Gasteiger partial charge is 0.444 e. The van der Waals surface area contributed by atoms with Crippen LogP contribution in [0.1, 0.15) is 77.6 Å². The molecule has 2 atom stereocenters. The normalized spacial score (nSPS) is 12.9. The Bertz CT molecular complexity index is 907. The van der Waals surface area contributed by atoms with E-state index in [1.807, 2.05) is 102 Å². The highest BCUT2D eigenvalue weighted by Gasteiger charge is 2.21. The average Bonchev–Trinajstić information content (AvgIpc) is 2.81. The van der Waals surface area contributed by atoms with Gasteiger partial charge in [-0.15, -0.1) is 0 Å². The van der Waals surface area contributed by atoms with Gasteiger partial charge in [-0.1, -0.05) is 60.7 Å². The molecule has 0 fully saturated rings. The van der Waals surface area contributed by atoms with Gasteiger partial charge in [-0.05, 0) is 65.5 Å². The minimum atomic E-state index is -0.523. The molecule has 0 saturated carbocycles. The second kappa shape index (κ2) is 15.9. The van der Waals surface area contributed by atoms with Crippen LogP contribution >= 0.6 is 0 Å². The molecule has 0 unspecified atom stereocenters. The van der Waals surface area contributed by atoms with E-state index in [1.54, 1.807) is 7.11 Å². The summed E-state index contributed by atoms with van der Waals surface area (Å²) in [6.07, 6.45) is 0.297. The number of rotatable bonds is 9. The third kappa shape index (κ3) is 14.9. The van der Waals surface area contributed by atoms with E-state index in [-0.39, 0.29) is 18.7 Å². The quantitative estimate of drug-likeness (QED) is 0.382. The number of nitrogens with one attached hydrogen (secondary N) is 2. The van der Waals surface area contributed by atoms with E-state index >= 15 is 0 Å². The summed E-state index contributed by atoms with van der Waals surface area (Å²) >= 11 is 0. The molecule has 0 radical (unpaired) electrons. The molecule has 37 heavy (non-hydrogen) atoms. The van der Waals surface area contributed by atoms with E-state index in [9.17, 15) is 9.59 Å². The second-order valence-corrected chi connectivity index (χ2v) is 10.5. The van der Waals surface area contributed by atoms with Crippen LogP contribution in [-0.4, -0.2) is 48.8 Å². The second-order valence-electron chi connectivity index (χ2n) is 10.5. The van der Waals surface area contributed by atoms with E-state index in [2.05, 4.69) is 10.6 Å². The van der Waals surface area contributed by atoms with Gasteiger partial charge in [-0.3, -0.25) is 0 Å². The summed E-state index contributed by atoms with van der Waals surface area (Å²) < 4.78 is 15.6. The summed E-state index contributed by atoms with van der Waals surface area (Å²) in [5.74, 6) is 0. The van der Waals surface area contributed by atoms with Crippen LogP contribution in [0.4, 0.5) is 9.59 Å². The van der Waals surface area contributed by atoms with Crippen LogP contribution in [0, 0.1) is 0 Å². The van der Waals surface area contributed by atoms with Gasteiger partial charge in [-0.25, -0.2) is 9.59 Å². The van der Waals surface area contributed by atoms with Crippen molar-refractivity contribution in [2.24, 2.45) is 0 Å². The van der Waals surface area contributed by atoms with Crippen LogP contribution in [0.15, 0.2) is 60.7 Å². The number of aliphatic hydroxyl groups excluding tert-OH is 1. The number of benzene rings is 2. The van der Waals surface area contributed by atoms with Crippen LogP contribution in [-0.2, 0) is 14.2 Å². The predicted octanol–water partition coefficient (Wildman–Crippen LogP) is 5.92. The van der Waals surface area contributed by atoms with Crippen molar-refractivity contribution < 1.29 is 28.9 Å². The Morgan fingerprint density at radius 1 is 0.730 bits per heavy atom. The van der Waals surface area contributed by atoms with Crippen molar-refractivity contribution in [2.45, 2.75) is 77.7 Å². The number of carbonyl (C=O) groups excluding carboxylic acids is 2. The lowest BCUT2D eigenvalue weighted by molar-refractivity contribution is 0.0482. The lowest BCUT2D eigenvalue weighted by Crippen LogP contribution is -2.35. The molecule has 2 aromatic rings. The molecule has 2 rings (SSSR count). The summed E-state index contributed by atoms with van der Waals surface area (Å²) in [4.78, 5) is 23.5. The molecule has 0 saturated heterocycles. The van der Waals surface area contributed by atoms with Crippen LogP contribution < -0.4 is 10.6 Å². The number of alkyl carbamates (subject to hydrolysis) is 2. The smallest absolute Gasteiger partial charge is 0.408 e. The van der Waals surface area contributed by atoms with Crippen molar-refractivity contribution in [3.8, 4) is 0 Å². The first-order valence-corrected chi connectivity index (χ1v) is 12.5. The Labute approximate surface area is 221 Å². The number of ether oxygens (including phenoxy) is 3. The van der Waals surface area contributed by atoms with Gasteiger partial charge in [0.1, 0.15) is 11.2 Å². The Balaban J connectivity index is 0.000000371. The topological polar surface area (TPSA) is 106 Å². The Hall–Kier alpha value is -3.10. The molecule has 0 aliphatic carbocycles. The molecule has 8 heteroatoms. The van der Waals surface area contributed by atoms with Gasteiger partial charge >= 0.3 is 12.2 Å². The maximum atomic E-state index is 11.8. The molecule has 0 bridgehead atoms. The molecule has 206 valence electrons. The fraction of sp³-hybridized carbons (Fsp3) is 0.517. The first kappa shape index (κ1) is 31.9. The van der Waals surface area contributed by atoms with Crippen LogP contribution in [0.3, 0.4) is 0 Å². The van der Waals surface area contributed by atoms with Gasteiger partial charge in [0, 0.05) is 20.3 Å². The van der Waals surface area contributed by atoms with Crippen LogP contribution in [0.2, 0.25) is 0 Å². The van der Waals surface area contributed by atoms with Crippen molar-refractivity contribution in [1.82, 2.24) is 10.6 Å². The number of hydrogen-bond acceptors (Lipinski definition) is 6. The van der Waals surface area contributed by atoms with Crippen molar-refractivity contribution in [2.75, 3.05) is 20.3 Å². The van der Waals surface area contributed by atoms with E-state index in [0.29, 0.717) is 19.4 Å². The fourth-order valence-corrected chi connectivity index (χ4v) is 3.28. The third-order valence-corrected chi connectivity index (χ3v) is 4.81. The van der Waals surface area contributed by atoms with E-state index in [1.165, 1.54) is 0 Å². The van der Waals surface area contributed by atoms with Crippen molar-refractivity contribution >= 4 is 12.2 Å². The zero-order valence-electron chi connectivity index (χ0n) is 23.2. The van der Waals surface area contributed by atoms with E-state index < -0.39 is 23.4 Å². The molecule has 0 aliphatic heterocycles. The van der Waals surface area contributed by atoms with Crippen LogP contribution in [0.25, 0.3) is 0 Å². The Morgan fingerprint density at radius 2 is 1.11 bits per heavy atom. The Kier molecular flexibility index (Phi) is 13.7. The maximum absolute atomic E-state index is 11.8. The zero-order chi connectivity index (χ0) is 27.9. The zero-order valence-corrected chi connectivity index (χ0v) is 23.2. The Morgan fingerprint density at radius 3 is 1.43 bits per heavy atom. The molecular weight excluding hydrogens is 472 g/mol. The molecular formula is C29H44N2O6. The summed E-state index contributed by atoms with van der Waals surface area (Å²) in [6.45, 7) is 11.6. The third-order valence-electron chi connectivity index (χ3n) is 4.81. The molecule has 0 spiro atoms. The number of aliphatic hydroxyl groups is 1. The van der Waals surface area contributed by atoms with Gasteiger partial charge in [0.2, 0.25) is 0 Å². The van der Waals surface area contributed by atoms with Gasteiger partial charge in [0.05, 0.1) is 12.1 Å². The number of amides is 2. The molecule has 2 amide bonds. The predicted molar refractivity (Wildman–Crippen MR) is 145 cm³/mol. The van der Waals surface area contributed by atoms with Gasteiger partial charge < -0.3 is 30.0 Å². The highest BCUT2D eigenvalue weighted by Crippen LogP contribution is 2.19. The van der Waals surface area contributed by atoms with Crippen molar-refractivity contribution in [3.63, 3.8) is 0 Å². The SMILES string of the molecule is CC(C)(C)OC(=O)N[C@H](CCO)c1ccccc1.COCC[C@@H](NC(=O)OC(C)(C)C)c1ccccc1. The molecule has 0 aromatic heterocycles. The molecule has 2 aromatic carbocycles. The maximum Gasteiger partial charge on any atom is 0.408 e. The van der Waals surface area contributed by atoms with E-state index in [0.717, 1.165) is 11.1 Å². The van der Waals surface area contributed by atoms with E-state index in [4.69, 9.17) is 19.3 Å². The number of carbonyl (C=O) groups is 2. The molecule has 8 nitrogen and oxygen atoms in total. The minimum Gasteiger partial charge on any atom is -0.444 e.